The molecule has 1 saturated carbocycles. The third-order valence-electron chi connectivity index (χ3n) is 3.50. The summed E-state index contributed by atoms with van der Waals surface area (Å²) < 4.78 is 26.9. The Morgan fingerprint density at radius 1 is 1.06 bits per heavy atom. The standard InChI is InChI=1S/C15H18F2/c1-11-7-9-13(15(17)14(11)16)10-8-12-5-3-2-4-6-12/h7-10,12H,2-6H2,1H3. The molecule has 0 unspecified atom stereocenters. The van der Waals surface area contributed by atoms with Crippen molar-refractivity contribution >= 4 is 6.08 Å². The van der Waals surface area contributed by atoms with Gasteiger partial charge >= 0.3 is 0 Å². The highest BCUT2D eigenvalue weighted by molar-refractivity contribution is 5.51. The van der Waals surface area contributed by atoms with Crippen LogP contribution < -0.4 is 0 Å². The van der Waals surface area contributed by atoms with Crippen molar-refractivity contribution in [2.45, 2.75) is 39.0 Å². The molecule has 1 fully saturated rings. The molecule has 0 nitrogen and oxygen atoms in total. The molecule has 1 aromatic rings. The van der Waals surface area contributed by atoms with Crippen LogP contribution in [0.3, 0.4) is 0 Å². The van der Waals surface area contributed by atoms with Crippen LogP contribution in [0.1, 0.15) is 43.2 Å². The number of benzene rings is 1. The van der Waals surface area contributed by atoms with Crippen LogP contribution in [-0.4, -0.2) is 0 Å². The highest BCUT2D eigenvalue weighted by Crippen LogP contribution is 2.26. The molecule has 0 aliphatic heterocycles. The topological polar surface area (TPSA) is 0 Å². The Morgan fingerprint density at radius 3 is 2.47 bits per heavy atom. The van der Waals surface area contributed by atoms with Gasteiger partial charge in [0, 0.05) is 5.56 Å². The van der Waals surface area contributed by atoms with Crippen molar-refractivity contribution in [2.24, 2.45) is 5.92 Å². The van der Waals surface area contributed by atoms with E-state index >= 15 is 0 Å². The zero-order chi connectivity index (χ0) is 12.3. The predicted molar refractivity (Wildman–Crippen MR) is 66.7 cm³/mol. The summed E-state index contributed by atoms with van der Waals surface area (Å²) in [5.74, 6) is -0.916. The van der Waals surface area contributed by atoms with Gasteiger partial charge in [0.15, 0.2) is 11.6 Å². The Balaban J connectivity index is 2.12. The summed E-state index contributed by atoms with van der Waals surface area (Å²) in [6.45, 7) is 1.58. The predicted octanol–water partition coefficient (Wildman–Crippen LogP) is 4.87. The minimum absolute atomic E-state index is 0.359. The van der Waals surface area contributed by atoms with Gasteiger partial charge in [-0.2, -0.15) is 0 Å². The average molecular weight is 236 g/mol. The summed E-state index contributed by atoms with van der Waals surface area (Å²) in [7, 11) is 0. The van der Waals surface area contributed by atoms with E-state index in [0.29, 0.717) is 17.0 Å². The van der Waals surface area contributed by atoms with Gasteiger partial charge in [-0.15, -0.1) is 0 Å². The number of halogens is 2. The van der Waals surface area contributed by atoms with Crippen molar-refractivity contribution < 1.29 is 8.78 Å². The molecule has 1 aliphatic rings. The van der Waals surface area contributed by atoms with Gasteiger partial charge < -0.3 is 0 Å². The molecule has 2 heteroatoms. The van der Waals surface area contributed by atoms with Gasteiger partial charge in [-0.1, -0.05) is 43.5 Å². The molecule has 0 radical (unpaired) electrons. The molecule has 1 aliphatic carbocycles. The molecule has 0 N–H and O–H groups in total. The lowest BCUT2D eigenvalue weighted by Gasteiger charge is -2.17. The fourth-order valence-electron chi connectivity index (χ4n) is 2.36. The van der Waals surface area contributed by atoms with Gasteiger partial charge in [0.05, 0.1) is 0 Å². The van der Waals surface area contributed by atoms with Crippen molar-refractivity contribution in [3.8, 4) is 0 Å². The normalized spacial score (nSPS) is 17.8. The number of hydrogen-bond donors (Lipinski definition) is 0. The smallest absolute Gasteiger partial charge is 0.166 e. The van der Waals surface area contributed by atoms with Crippen LogP contribution in [0.2, 0.25) is 0 Å². The summed E-state index contributed by atoms with van der Waals surface area (Å²) >= 11 is 0. The second kappa shape index (κ2) is 5.44. The zero-order valence-corrected chi connectivity index (χ0v) is 10.2. The molecule has 0 aromatic heterocycles. The fourth-order valence-corrected chi connectivity index (χ4v) is 2.36. The minimum atomic E-state index is -0.726. The van der Waals surface area contributed by atoms with Crippen LogP contribution in [0.25, 0.3) is 6.08 Å². The number of allylic oxidation sites excluding steroid dienone is 1. The molecule has 0 spiro atoms. The van der Waals surface area contributed by atoms with E-state index in [2.05, 4.69) is 0 Å². The first-order valence-corrected chi connectivity index (χ1v) is 6.31. The lowest BCUT2D eigenvalue weighted by atomic mass is 9.88. The van der Waals surface area contributed by atoms with Gasteiger partial charge in [0.25, 0.3) is 0 Å². The van der Waals surface area contributed by atoms with Crippen LogP contribution in [0.5, 0.6) is 0 Å². The van der Waals surface area contributed by atoms with Crippen LogP contribution in [-0.2, 0) is 0 Å². The molecule has 0 heterocycles. The second-order valence-corrected chi connectivity index (χ2v) is 4.86. The van der Waals surface area contributed by atoms with Crippen LogP contribution in [0.15, 0.2) is 18.2 Å². The summed E-state index contributed by atoms with van der Waals surface area (Å²) in [5, 5.41) is 0. The molecule has 0 bridgehead atoms. The minimum Gasteiger partial charge on any atom is -0.203 e. The first kappa shape index (κ1) is 12.3. The van der Waals surface area contributed by atoms with Gasteiger partial charge in [-0.05, 0) is 31.2 Å². The maximum Gasteiger partial charge on any atom is 0.166 e. The van der Waals surface area contributed by atoms with Gasteiger partial charge in [0.2, 0.25) is 0 Å². The molecule has 92 valence electrons. The third-order valence-corrected chi connectivity index (χ3v) is 3.50. The van der Waals surface area contributed by atoms with Crippen molar-refractivity contribution in [2.75, 3.05) is 0 Å². The van der Waals surface area contributed by atoms with E-state index in [9.17, 15) is 8.78 Å². The van der Waals surface area contributed by atoms with E-state index in [1.807, 2.05) is 6.08 Å². The first-order valence-electron chi connectivity index (χ1n) is 6.31. The largest absolute Gasteiger partial charge is 0.203 e. The lowest BCUT2D eigenvalue weighted by molar-refractivity contribution is 0.420. The molecule has 1 aromatic carbocycles. The molecule has 17 heavy (non-hydrogen) atoms. The average Bonchev–Trinajstić information content (AvgIpc) is 2.36. The SMILES string of the molecule is Cc1ccc(C=CC2CCCCC2)c(F)c1F. The third kappa shape index (κ3) is 2.93. The van der Waals surface area contributed by atoms with Gasteiger partial charge in [0.1, 0.15) is 0 Å². The van der Waals surface area contributed by atoms with Crippen molar-refractivity contribution in [3.05, 3.63) is 41.0 Å². The first-order chi connectivity index (χ1) is 8.18. The Hall–Kier alpha value is -1.18. The summed E-state index contributed by atoms with van der Waals surface area (Å²) in [5.41, 5.74) is 0.719. The van der Waals surface area contributed by atoms with Crippen LogP contribution in [0, 0.1) is 24.5 Å². The molecular weight excluding hydrogens is 218 g/mol. The van der Waals surface area contributed by atoms with Gasteiger partial charge in [-0.25, -0.2) is 8.78 Å². The Labute approximate surface area is 101 Å². The highest BCUT2D eigenvalue weighted by Gasteiger charge is 2.12. The van der Waals surface area contributed by atoms with E-state index < -0.39 is 11.6 Å². The lowest BCUT2D eigenvalue weighted by Crippen LogP contribution is -2.02. The Bertz CT molecular complexity index is 415. The molecule has 2 rings (SSSR count). The monoisotopic (exact) mass is 236 g/mol. The summed E-state index contributed by atoms with van der Waals surface area (Å²) in [6.07, 6.45) is 9.91. The van der Waals surface area contributed by atoms with Crippen LogP contribution >= 0.6 is 0 Å². The zero-order valence-electron chi connectivity index (χ0n) is 10.2. The van der Waals surface area contributed by atoms with E-state index in [4.69, 9.17) is 0 Å². The van der Waals surface area contributed by atoms with E-state index in [1.54, 1.807) is 25.1 Å². The number of rotatable bonds is 2. The quantitative estimate of drug-likeness (QED) is 0.687. The maximum absolute atomic E-state index is 13.6. The summed E-state index contributed by atoms with van der Waals surface area (Å²) in [4.78, 5) is 0. The fraction of sp³-hybridized carbons (Fsp3) is 0.467. The van der Waals surface area contributed by atoms with E-state index in [1.165, 1.54) is 32.1 Å². The Morgan fingerprint density at radius 2 is 1.76 bits per heavy atom. The molecule has 0 atom stereocenters. The van der Waals surface area contributed by atoms with Crippen molar-refractivity contribution in [3.63, 3.8) is 0 Å². The van der Waals surface area contributed by atoms with Crippen LogP contribution in [0.4, 0.5) is 8.78 Å². The Kier molecular flexibility index (Phi) is 3.93. The highest BCUT2D eigenvalue weighted by atomic mass is 19.2. The maximum atomic E-state index is 13.6. The molecular formula is C15H18F2. The van der Waals surface area contributed by atoms with E-state index in [0.717, 1.165) is 0 Å². The van der Waals surface area contributed by atoms with Crippen molar-refractivity contribution in [1.29, 1.82) is 0 Å². The molecule has 0 amide bonds. The van der Waals surface area contributed by atoms with Gasteiger partial charge in [-0.3, -0.25) is 0 Å². The van der Waals surface area contributed by atoms with E-state index in [-0.39, 0.29) is 0 Å². The molecule has 0 saturated heterocycles. The second-order valence-electron chi connectivity index (χ2n) is 4.86. The number of hydrogen-bond acceptors (Lipinski definition) is 0. The number of aryl methyl sites for hydroxylation is 1. The summed E-state index contributed by atoms with van der Waals surface area (Å²) in [6, 6.07) is 3.27. The van der Waals surface area contributed by atoms with Crippen molar-refractivity contribution in [1.82, 2.24) is 0 Å².